The van der Waals surface area contributed by atoms with Crippen molar-refractivity contribution in [1.82, 2.24) is 4.90 Å². The minimum absolute atomic E-state index is 0.0109. The third-order valence-electron chi connectivity index (χ3n) is 6.71. The average Bonchev–Trinajstić information content (AvgIpc) is 2.74. The molecule has 2 aromatic carbocycles. The number of likely N-dealkylation sites (tertiary alicyclic amines) is 1. The van der Waals surface area contributed by atoms with Gasteiger partial charge in [0, 0.05) is 32.0 Å². The van der Waals surface area contributed by atoms with Crippen molar-refractivity contribution >= 4 is 17.8 Å². The Bertz CT molecular complexity index is 1030. The van der Waals surface area contributed by atoms with Gasteiger partial charge in [0.2, 0.25) is 5.91 Å². The van der Waals surface area contributed by atoms with Gasteiger partial charge in [0.1, 0.15) is 11.4 Å². The number of Topliss-reactive ketones (excluding diaryl/α,β-unsaturated/α-hetero) is 1. The van der Waals surface area contributed by atoms with Gasteiger partial charge in [-0.25, -0.2) is 0 Å². The van der Waals surface area contributed by atoms with Gasteiger partial charge >= 0.3 is 0 Å². The molecule has 31 heavy (non-hydrogen) atoms. The third-order valence-corrected chi connectivity index (χ3v) is 6.71. The Labute approximate surface area is 184 Å². The summed E-state index contributed by atoms with van der Waals surface area (Å²) in [6, 6.07) is 12.2. The van der Waals surface area contributed by atoms with E-state index in [-0.39, 0.29) is 11.7 Å². The quantitative estimate of drug-likeness (QED) is 0.623. The van der Waals surface area contributed by atoms with E-state index in [4.69, 9.17) is 4.74 Å². The summed E-state index contributed by atoms with van der Waals surface area (Å²) >= 11 is 0. The van der Waals surface area contributed by atoms with Crippen molar-refractivity contribution in [2.45, 2.75) is 58.5 Å². The molecule has 1 fully saturated rings. The van der Waals surface area contributed by atoms with Crippen LogP contribution in [0.25, 0.3) is 6.08 Å². The Kier molecular flexibility index (Phi) is 5.74. The van der Waals surface area contributed by atoms with Gasteiger partial charge in [0.05, 0.1) is 12.0 Å². The van der Waals surface area contributed by atoms with E-state index in [1.807, 2.05) is 49.1 Å². The number of hydrogen-bond acceptors (Lipinski definition) is 3. The number of hydrogen-bond donors (Lipinski definition) is 0. The molecule has 162 valence electrons. The van der Waals surface area contributed by atoms with Crippen molar-refractivity contribution in [1.29, 1.82) is 0 Å². The van der Waals surface area contributed by atoms with Crippen LogP contribution in [0.4, 0.5) is 0 Å². The molecule has 0 radical (unpaired) electrons. The molecule has 0 atom stereocenters. The largest absolute Gasteiger partial charge is 0.486 e. The maximum absolute atomic E-state index is 12.8. The van der Waals surface area contributed by atoms with Crippen LogP contribution in [0.3, 0.4) is 0 Å². The lowest BCUT2D eigenvalue weighted by Crippen LogP contribution is -2.52. The first-order valence-electron chi connectivity index (χ1n) is 11.2. The number of amides is 1. The molecule has 0 bridgehead atoms. The summed E-state index contributed by atoms with van der Waals surface area (Å²) in [5.74, 6) is 1.35. The Morgan fingerprint density at radius 3 is 2.35 bits per heavy atom. The third kappa shape index (κ3) is 4.43. The predicted molar refractivity (Wildman–Crippen MR) is 124 cm³/mol. The second-order valence-electron chi connectivity index (χ2n) is 9.30. The van der Waals surface area contributed by atoms with E-state index in [0.29, 0.717) is 49.6 Å². The second kappa shape index (κ2) is 8.33. The molecule has 0 aliphatic carbocycles. The van der Waals surface area contributed by atoms with Gasteiger partial charge in [0.15, 0.2) is 5.78 Å². The number of aryl methyl sites for hydroxylation is 2. The zero-order valence-corrected chi connectivity index (χ0v) is 18.9. The molecule has 2 aliphatic rings. The van der Waals surface area contributed by atoms with Crippen molar-refractivity contribution in [3.63, 3.8) is 0 Å². The zero-order valence-electron chi connectivity index (χ0n) is 18.9. The van der Waals surface area contributed by atoms with E-state index >= 15 is 0 Å². The van der Waals surface area contributed by atoms with Gasteiger partial charge in [-0.05, 0) is 60.2 Å². The summed E-state index contributed by atoms with van der Waals surface area (Å²) in [6.07, 6.45) is 5.26. The lowest BCUT2D eigenvalue weighted by molar-refractivity contribution is -0.129. The highest BCUT2D eigenvalue weighted by molar-refractivity contribution is 6.00. The molecule has 0 aromatic heterocycles. The number of nitrogens with zero attached hydrogens (tertiary/aromatic N) is 1. The van der Waals surface area contributed by atoms with Crippen LogP contribution in [0.15, 0.2) is 42.5 Å². The Hall–Kier alpha value is -2.88. The fraction of sp³-hybridized carbons (Fsp3) is 0.407. The maximum atomic E-state index is 12.8. The summed E-state index contributed by atoms with van der Waals surface area (Å²) in [4.78, 5) is 27.3. The van der Waals surface area contributed by atoms with Crippen LogP contribution < -0.4 is 4.74 Å². The molecule has 1 amide bonds. The Morgan fingerprint density at radius 1 is 1.06 bits per heavy atom. The topological polar surface area (TPSA) is 46.6 Å². The lowest BCUT2D eigenvalue weighted by Gasteiger charge is -2.44. The zero-order chi connectivity index (χ0) is 22.2. The highest BCUT2D eigenvalue weighted by atomic mass is 16.5. The number of piperidine rings is 1. The number of ketones is 1. The molecular formula is C27H31NO3. The van der Waals surface area contributed by atoms with Crippen LogP contribution in [0, 0.1) is 13.8 Å². The first-order valence-corrected chi connectivity index (χ1v) is 11.2. The van der Waals surface area contributed by atoms with Crippen molar-refractivity contribution < 1.29 is 14.3 Å². The molecule has 2 heterocycles. The maximum Gasteiger partial charge on any atom is 0.246 e. The van der Waals surface area contributed by atoms with Crippen LogP contribution in [0.5, 0.6) is 5.75 Å². The van der Waals surface area contributed by atoms with E-state index < -0.39 is 5.60 Å². The number of rotatable bonds is 3. The first kappa shape index (κ1) is 21.4. The Morgan fingerprint density at radius 2 is 1.71 bits per heavy atom. The van der Waals surface area contributed by atoms with Gasteiger partial charge in [0.25, 0.3) is 0 Å². The molecule has 1 spiro atoms. The highest BCUT2D eigenvalue weighted by Gasteiger charge is 2.43. The predicted octanol–water partition coefficient (Wildman–Crippen LogP) is 5.47. The minimum atomic E-state index is -0.487. The summed E-state index contributed by atoms with van der Waals surface area (Å²) in [5, 5.41) is 0. The average molecular weight is 418 g/mol. The van der Waals surface area contributed by atoms with Gasteiger partial charge < -0.3 is 9.64 Å². The van der Waals surface area contributed by atoms with Crippen molar-refractivity contribution in [3.8, 4) is 5.75 Å². The standard InChI is InChI=1S/C27H31NO3/c1-18(2)22-8-5-21(6-9-22)7-10-26(30)28-13-11-27(12-14-28)17-24(29)23-15-19(3)20(4)16-25(23)31-27/h5-10,15-16,18H,11-14,17H2,1-4H3/b10-7+. The number of carbonyl (C=O) groups excluding carboxylic acids is 2. The van der Waals surface area contributed by atoms with E-state index in [9.17, 15) is 9.59 Å². The normalized spacial score (nSPS) is 17.8. The smallest absolute Gasteiger partial charge is 0.246 e. The van der Waals surface area contributed by atoms with Crippen molar-refractivity contribution in [3.05, 3.63) is 70.3 Å². The summed E-state index contributed by atoms with van der Waals surface area (Å²) in [7, 11) is 0. The summed E-state index contributed by atoms with van der Waals surface area (Å²) in [5.41, 5.74) is 4.76. The second-order valence-corrected chi connectivity index (χ2v) is 9.30. The molecule has 0 saturated carbocycles. The van der Waals surface area contributed by atoms with Gasteiger partial charge in [-0.1, -0.05) is 38.1 Å². The number of carbonyl (C=O) groups is 2. The molecule has 0 N–H and O–H groups in total. The van der Waals surface area contributed by atoms with Gasteiger partial charge in [-0.15, -0.1) is 0 Å². The van der Waals surface area contributed by atoms with Crippen LogP contribution in [-0.2, 0) is 4.79 Å². The Balaban J connectivity index is 1.39. The number of benzene rings is 2. The van der Waals surface area contributed by atoms with Gasteiger partial charge in [-0.3, -0.25) is 9.59 Å². The van der Waals surface area contributed by atoms with Crippen LogP contribution in [0.2, 0.25) is 0 Å². The summed E-state index contributed by atoms with van der Waals surface area (Å²) < 4.78 is 6.38. The minimum Gasteiger partial charge on any atom is -0.486 e. The molecule has 0 unspecified atom stereocenters. The fourth-order valence-electron chi connectivity index (χ4n) is 4.43. The van der Waals surface area contributed by atoms with Crippen molar-refractivity contribution in [2.24, 2.45) is 0 Å². The SMILES string of the molecule is Cc1cc2c(cc1C)C(=O)CC1(CCN(C(=O)/C=C/c3ccc(C(C)C)cc3)CC1)O2. The van der Waals surface area contributed by atoms with E-state index in [1.165, 1.54) is 5.56 Å². The van der Waals surface area contributed by atoms with Crippen LogP contribution in [-0.4, -0.2) is 35.3 Å². The molecular weight excluding hydrogens is 386 g/mol. The molecule has 4 heteroatoms. The number of ether oxygens (including phenoxy) is 1. The molecule has 1 saturated heterocycles. The number of fused-ring (bicyclic) bond motifs is 1. The lowest BCUT2D eigenvalue weighted by atomic mass is 9.82. The van der Waals surface area contributed by atoms with E-state index in [2.05, 4.69) is 26.0 Å². The monoisotopic (exact) mass is 417 g/mol. The molecule has 4 rings (SSSR count). The van der Waals surface area contributed by atoms with Gasteiger partial charge in [-0.2, -0.15) is 0 Å². The van der Waals surface area contributed by atoms with E-state index in [1.54, 1.807) is 6.08 Å². The van der Waals surface area contributed by atoms with Crippen molar-refractivity contribution in [2.75, 3.05) is 13.1 Å². The molecule has 4 nitrogen and oxygen atoms in total. The fourth-order valence-corrected chi connectivity index (χ4v) is 4.43. The summed E-state index contributed by atoms with van der Waals surface area (Å²) in [6.45, 7) is 9.59. The first-order chi connectivity index (χ1) is 14.8. The molecule has 2 aliphatic heterocycles. The molecule has 2 aromatic rings. The van der Waals surface area contributed by atoms with Crippen LogP contribution in [0.1, 0.15) is 71.6 Å². The highest BCUT2D eigenvalue weighted by Crippen LogP contribution is 2.40. The van der Waals surface area contributed by atoms with Crippen LogP contribution >= 0.6 is 0 Å². The van der Waals surface area contributed by atoms with E-state index in [0.717, 1.165) is 16.7 Å².